The summed E-state index contributed by atoms with van der Waals surface area (Å²) < 4.78 is 0. The number of hydrogen-bond acceptors (Lipinski definition) is 2. The fraction of sp³-hybridized carbons (Fsp3) is 0.0909. The van der Waals surface area contributed by atoms with Crippen LogP contribution in [-0.4, -0.2) is 6.29 Å². The molecule has 14 heavy (non-hydrogen) atoms. The van der Waals surface area contributed by atoms with Crippen LogP contribution in [0.2, 0.25) is 5.02 Å². The maximum Gasteiger partial charge on any atom is 0.151 e. The lowest BCUT2D eigenvalue weighted by Crippen LogP contribution is -1.86. The van der Waals surface area contributed by atoms with Gasteiger partial charge in [-0.05, 0) is 18.2 Å². The Kier molecular flexibility index (Phi) is 3.73. The van der Waals surface area contributed by atoms with Crippen LogP contribution in [0.1, 0.15) is 22.3 Å². The van der Waals surface area contributed by atoms with Gasteiger partial charge >= 0.3 is 0 Å². The number of benzene rings is 1. The molecule has 0 aliphatic carbocycles. The average Bonchev–Trinajstić information content (AvgIpc) is 2.19. The predicted molar refractivity (Wildman–Crippen MR) is 53.9 cm³/mol. The van der Waals surface area contributed by atoms with Crippen LogP contribution in [0, 0.1) is 23.2 Å². The lowest BCUT2D eigenvalue weighted by atomic mass is 10.1. The van der Waals surface area contributed by atoms with Gasteiger partial charge in [0.15, 0.2) is 6.29 Å². The first-order chi connectivity index (χ1) is 6.77. The molecule has 0 saturated carbocycles. The summed E-state index contributed by atoms with van der Waals surface area (Å²) in [6.07, 6.45) is 0.859. The van der Waals surface area contributed by atoms with Crippen LogP contribution < -0.4 is 0 Å². The van der Waals surface area contributed by atoms with E-state index in [0.29, 0.717) is 22.4 Å². The number of aldehydes is 1. The molecule has 0 aliphatic rings. The third-order valence-corrected chi connectivity index (χ3v) is 1.77. The minimum Gasteiger partial charge on any atom is -0.298 e. The fourth-order valence-electron chi connectivity index (χ4n) is 0.918. The van der Waals surface area contributed by atoms with E-state index in [1.54, 1.807) is 18.2 Å². The number of nitriles is 1. The van der Waals surface area contributed by atoms with Gasteiger partial charge < -0.3 is 0 Å². The molecule has 0 atom stereocenters. The molecule has 0 heterocycles. The Balaban J connectivity index is 3.08. The van der Waals surface area contributed by atoms with Crippen molar-refractivity contribution in [1.29, 1.82) is 5.26 Å². The number of carbonyl (C=O) groups excluding carboxylic acids is 1. The number of carbonyl (C=O) groups is 1. The second-order valence-electron chi connectivity index (χ2n) is 2.49. The second kappa shape index (κ2) is 5.07. The summed E-state index contributed by atoms with van der Waals surface area (Å²) in [5.74, 6) is 5.34. The van der Waals surface area contributed by atoms with E-state index in [-0.39, 0.29) is 6.42 Å². The Hall–Kier alpha value is -1.77. The maximum absolute atomic E-state index is 10.6. The average molecular weight is 204 g/mol. The molecule has 0 radical (unpaired) electrons. The highest BCUT2D eigenvalue weighted by Gasteiger charge is 1.98. The van der Waals surface area contributed by atoms with Gasteiger partial charge in [0.25, 0.3) is 0 Å². The topological polar surface area (TPSA) is 40.9 Å². The summed E-state index contributed by atoms with van der Waals surface area (Å²) in [6.45, 7) is 0. The summed E-state index contributed by atoms with van der Waals surface area (Å²) >= 11 is 5.74. The summed E-state index contributed by atoms with van der Waals surface area (Å²) in [4.78, 5) is 10.6. The molecule has 3 heteroatoms. The van der Waals surface area contributed by atoms with Crippen LogP contribution in [0.5, 0.6) is 0 Å². The van der Waals surface area contributed by atoms with Crippen molar-refractivity contribution in [2.75, 3.05) is 0 Å². The first-order valence-corrected chi connectivity index (χ1v) is 4.26. The molecule has 0 spiro atoms. The van der Waals surface area contributed by atoms with E-state index >= 15 is 0 Å². The zero-order chi connectivity index (χ0) is 10.4. The SMILES string of the molecule is N#CCC#Cc1cc(Cl)ccc1C=O. The first-order valence-electron chi connectivity index (χ1n) is 3.88. The highest BCUT2D eigenvalue weighted by atomic mass is 35.5. The van der Waals surface area contributed by atoms with Crippen LogP contribution in [-0.2, 0) is 0 Å². The van der Waals surface area contributed by atoms with E-state index in [0.717, 1.165) is 0 Å². The van der Waals surface area contributed by atoms with E-state index in [9.17, 15) is 4.79 Å². The molecule has 0 amide bonds. The lowest BCUT2D eigenvalue weighted by Gasteiger charge is -1.96. The van der Waals surface area contributed by atoms with Crippen molar-refractivity contribution in [3.05, 3.63) is 34.3 Å². The standard InChI is InChI=1S/C11H6ClNO/c12-11-5-4-10(8-14)9(7-11)3-1-2-6-13/h4-5,7-8H,2H2. The van der Waals surface area contributed by atoms with Crippen molar-refractivity contribution in [2.45, 2.75) is 6.42 Å². The Bertz CT molecular complexity index is 449. The first kappa shape index (κ1) is 10.3. The predicted octanol–water partition coefficient (Wildman–Crippen LogP) is 2.42. The number of halogens is 1. The minimum atomic E-state index is 0.144. The number of nitrogens with zero attached hydrogens (tertiary/aromatic N) is 1. The summed E-state index contributed by atoms with van der Waals surface area (Å²) in [6, 6.07) is 6.73. The molecule has 68 valence electrons. The van der Waals surface area contributed by atoms with Crippen molar-refractivity contribution in [3.8, 4) is 17.9 Å². The highest BCUT2D eigenvalue weighted by molar-refractivity contribution is 6.30. The summed E-state index contributed by atoms with van der Waals surface area (Å²) in [7, 11) is 0. The van der Waals surface area contributed by atoms with Crippen molar-refractivity contribution in [1.82, 2.24) is 0 Å². The molecule has 0 aliphatic heterocycles. The van der Waals surface area contributed by atoms with E-state index in [1.807, 2.05) is 6.07 Å². The summed E-state index contributed by atoms with van der Waals surface area (Å²) in [5.41, 5.74) is 1.04. The van der Waals surface area contributed by atoms with Gasteiger partial charge in [0, 0.05) is 16.1 Å². The minimum absolute atomic E-state index is 0.144. The summed E-state index contributed by atoms with van der Waals surface area (Å²) in [5, 5.41) is 8.80. The van der Waals surface area contributed by atoms with Gasteiger partial charge in [0.1, 0.15) is 0 Å². The Labute approximate surface area is 87.1 Å². The highest BCUT2D eigenvalue weighted by Crippen LogP contribution is 2.13. The third-order valence-electron chi connectivity index (χ3n) is 1.53. The quantitative estimate of drug-likeness (QED) is 0.520. The van der Waals surface area contributed by atoms with Gasteiger partial charge in [-0.2, -0.15) is 5.26 Å². The molecular formula is C11H6ClNO. The Morgan fingerprint density at radius 1 is 1.50 bits per heavy atom. The van der Waals surface area contributed by atoms with Gasteiger partial charge in [0.2, 0.25) is 0 Å². The molecule has 0 unspecified atom stereocenters. The maximum atomic E-state index is 10.6. The molecule has 0 fully saturated rings. The van der Waals surface area contributed by atoms with Gasteiger partial charge in [-0.3, -0.25) is 4.79 Å². The van der Waals surface area contributed by atoms with E-state index in [1.165, 1.54) is 0 Å². The monoisotopic (exact) mass is 203 g/mol. The lowest BCUT2D eigenvalue weighted by molar-refractivity contribution is 0.112. The molecule has 1 rings (SSSR count). The van der Waals surface area contributed by atoms with Crippen molar-refractivity contribution in [3.63, 3.8) is 0 Å². The van der Waals surface area contributed by atoms with Crippen LogP contribution in [0.25, 0.3) is 0 Å². The molecule has 0 saturated heterocycles. The molecule has 2 nitrogen and oxygen atoms in total. The van der Waals surface area contributed by atoms with Crippen molar-refractivity contribution in [2.24, 2.45) is 0 Å². The Morgan fingerprint density at radius 3 is 2.93 bits per heavy atom. The van der Waals surface area contributed by atoms with Crippen LogP contribution in [0.15, 0.2) is 18.2 Å². The molecule has 1 aromatic carbocycles. The van der Waals surface area contributed by atoms with Crippen LogP contribution in [0.3, 0.4) is 0 Å². The van der Waals surface area contributed by atoms with Gasteiger partial charge in [0.05, 0.1) is 12.5 Å². The Morgan fingerprint density at radius 2 is 2.29 bits per heavy atom. The van der Waals surface area contributed by atoms with Gasteiger partial charge in [-0.15, -0.1) is 0 Å². The van der Waals surface area contributed by atoms with Gasteiger partial charge in [-0.1, -0.05) is 23.4 Å². The molecular weight excluding hydrogens is 198 g/mol. The fourth-order valence-corrected chi connectivity index (χ4v) is 1.09. The van der Waals surface area contributed by atoms with Crippen LogP contribution >= 0.6 is 11.6 Å². The molecule has 1 aromatic rings. The van der Waals surface area contributed by atoms with E-state index in [2.05, 4.69) is 11.8 Å². The zero-order valence-electron chi connectivity index (χ0n) is 7.25. The molecule has 0 N–H and O–H groups in total. The van der Waals surface area contributed by atoms with E-state index in [4.69, 9.17) is 16.9 Å². The molecule has 0 bridgehead atoms. The third kappa shape index (κ3) is 2.62. The van der Waals surface area contributed by atoms with Gasteiger partial charge in [-0.25, -0.2) is 0 Å². The largest absolute Gasteiger partial charge is 0.298 e. The number of rotatable bonds is 1. The van der Waals surface area contributed by atoms with Crippen LogP contribution in [0.4, 0.5) is 0 Å². The van der Waals surface area contributed by atoms with Crippen molar-refractivity contribution >= 4 is 17.9 Å². The smallest absolute Gasteiger partial charge is 0.151 e. The number of hydrogen-bond donors (Lipinski definition) is 0. The van der Waals surface area contributed by atoms with Crippen molar-refractivity contribution < 1.29 is 4.79 Å². The second-order valence-corrected chi connectivity index (χ2v) is 2.92. The van der Waals surface area contributed by atoms with E-state index < -0.39 is 0 Å². The molecule has 0 aromatic heterocycles. The zero-order valence-corrected chi connectivity index (χ0v) is 8.01. The normalized spacial score (nSPS) is 8.29.